The summed E-state index contributed by atoms with van der Waals surface area (Å²) in [4.78, 5) is 36.8. The zero-order valence-electron chi connectivity index (χ0n) is 18.6. The summed E-state index contributed by atoms with van der Waals surface area (Å²) < 4.78 is 5.27. The minimum Gasteiger partial charge on any atom is -0.383 e. The van der Waals surface area contributed by atoms with E-state index in [1.165, 1.54) is 16.0 Å². The smallest absolute Gasteiger partial charge is 0.328 e. The number of fused-ring (bicyclic) bond motifs is 1. The zero-order chi connectivity index (χ0) is 22.1. The molecule has 0 radical (unpaired) electrons. The van der Waals surface area contributed by atoms with E-state index >= 15 is 0 Å². The van der Waals surface area contributed by atoms with Gasteiger partial charge in [-0.05, 0) is 48.4 Å². The van der Waals surface area contributed by atoms with Gasteiger partial charge in [-0.1, -0.05) is 30.3 Å². The maximum absolute atomic E-state index is 13.7. The van der Waals surface area contributed by atoms with Crippen molar-refractivity contribution in [3.8, 4) is 0 Å². The second-order valence-electron chi connectivity index (χ2n) is 9.08. The molecule has 3 aliphatic rings. The molecule has 168 valence electrons. The lowest BCUT2D eigenvalue weighted by Gasteiger charge is -2.44. The number of carbonyl (C=O) groups excluding carboxylic acids is 2. The van der Waals surface area contributed by atoms with Crippen LogP contribution in [0.1, 0.15) is 29.5 Å². The van der Waals surface area contributed by atoms with Crippen molar-refractivity contribution in [1.82, 2.24) is 19.7 Å². The Morgan fingerprint density at radius 1 is 1.06 bits per heavy atom. The molecule has 1 aromatic heterocycles. The molecule has 7 heteroatoms. The molecule has 32 heavy (non-hydrogen) atoms. The van der Waals surface area contributed by atoms with Crippen LogP contribution in [0, 0.1) is 0 Å². The molecule has 1 aliphatic carbocycles. The number of amides is 3. The second kappa shape index (κ2) is 8.64. The summed E-state index contributed by atoms with van der Waals surface area (Å²) in [7, 11) is 1.63. The molecule has 1 spiro atoms. The first-order valence-corrected chi connectivity index (χ1v) is 11.4. The van der Waals surface area contributed by atoms with Crippen LogP contribution >= 0.6 is 0 Å². The largest absolute Gasteiger partial charge is 0.383 e. The van der Waals surface area contributed by atoms with Crippen molar-refractivity contribution in [3.05, 3.63) is 65.5 Å². The SMILES string of the molecule is COCCN1C(=O)N(Cc2cccnc2)C(=O)C12CCN(C1Cc3ccccc3C1)CC2. The third-order valence-electron chi connectivity index (χ3n) is 7.38. The third kappa shape index (κ3) is 3.59. The van der Waals surface area contributed by atoms with E-state index in [1.54, 1.807) is 24.4 Å². The van der Waals surface area contributed by atoms with Gasteiger partial charge in [0, 0.05) is 45.2 Å². The van der Waals surface area contributed by atoms with Gasteiger partial charge in [0.25, 0.3) is 5.91 Å². The van der Waals surface area contributed by atoms with Crippen LogP contribution in [0.2, 0.25) is 0 Å². The molecule has 0 N–H and O–H groups in total. The highest BCUT2D eigenvalue weighted by Crippen LogP contribution is 2.39. The number of piperidine rings is 1. The number of methoxy groups -OCH3 is 1. The standard InChI is InChI=1S/C25H30N4O3/c1-32-14-13-29-24(31)28(18-19-5-4-10-26-17-19)23(30)25(29)8-11-27(12-9-25)22-15-20-6-2-3-7-21(20)16-22/h2-7,10,17,22H,8-9,11-16,18H2,1H3. The number of imide groups is 1. The van der Waals surface area contributed by atoms with Gasteiger partial charge in [0.2, 0.25) is 0 Å². The van der Waals surface area contributed by atoms with Crippen molar-refractivity contribution >= 4 is 11.9 Å². The number of hydrogen-bond acceptors (Lipinski definition) is 5. The highest BCUT2D eigenvalue weighted by atomic mass is 16.5. The van der Waals surface area contributed by atoms with Gasteiger partial charge < -0.3 is 9.64 Å². The van der Waals surface area contributed by atoms with E-state index in [0.717, 1.165) is 31.5 Å². The summed E-state index contributed by atoms with van der Waals surface area (Å²) in [6.07, 6.45) is 6.87. The third-order valence-corrected chi connectivity index (χ3v) is 7.38. The number of benzene rings is 1. The van der Waals surface area contributed by atoms with Crippen LogP contribution in [0.15, 0.2) is 48.8 Å². The molecule has 0 bridgehead atoms. The normalized spacial score (nSPS) is 21.0. The lowest BCUT2D eigenvalue weighted by molar-refractivity contribution is -0.136. The van der Waals surface area contributed by atoms with Gasteiger partial charge in [-0.3, -0.25) is 19.6 Å². The molecule has 2 aromatic rings. The Balaban J connectivity index is 1.33. The summed E-state index contributed by atoms with van der Waals surface area (Å²) in [5.41, 5.74) is 2.97. The average Bonchev–Trinajstić information content (AvgIpc) is 3.34. The average molecular weight is 435 g/mol. The van der Waals surface area contributed by atoms with Crippen molar-refractivity contribution in [2.24, 2.45) is 0 Å². The van der Waals surface area contributed by atoms with Gasteiger partial charge >= 0.3 is 6.03 Å². The lowest BCUT2D eigenvalue weighted by Crippen LogP contribution is -2.58. The fraction of sp³-hybridized carbons (Fsp3) is 0.480. The number of carbonyl (C=O) groups is 2. The van der Waals surface area contributed by atoms with Gasteiger partial charge in [-0.25, -0.2) is 4.79 Å². The van der Waals surface area contributed by atoms with Crippen LogP contribution in [0.4, 0.5) is 4.79 Å². The van der Waals surface area contributed by atoms with Crippen LogP contribution in [0.5, 0.6) is 0 Å². The minimum absolute atomic E-state index is 0.0724. The van der Waals surface area contributed by atoms with E-state index in [-0.39, 0.29) is 18.5 Å². The van der Waals surface area contributed by atoms with Crippen LogP contribution in [-0.4, -0.2) is 76.6 Å². The monoisotopic (exact) mass is 434 g/mol. The van der Waals surface area contributed by atoms with Crippen LogP contribution < -0.4 is 0 Å². The number of hydrogen-bond donors (Lipinski definition) is 0. The molecule has 0 atom stereocenters. The first-order chi connectivity index (χ1) is 15.6. The summed E-state index contributed by atoms with van der Waals surface area (Å²) in [5, 5.41) is 0. The predicted octanol–water partition coefficient (Wildman–Crippen LogP) is 2.49. The van der Waals surface area contributed by atoms with Crippen molar-refractivity contribution < 1.29 is 14.3 Å². The molecule has 1 aromatic carbocycles. The molecular formula is C25H30N4O3. The Bertz CT molecular complexity index is 963. The number of ether oxygens (including phenoxy) is 1. The number of nitrogens with zero attached hydrogens (tertiary/aromatic N) is 4. The Morgan fingerprint density at radius 3 is 2.41 bits per heavy atom. The summed E-state index contributed by atoms with van der Waals surface area (Å²) in [6.45, 7) is 2.75. The molecule has 2 fully saturated rings. The molecule has 3 heterocycles. The number of pyridine rings is 1. The predicted molar refractivity (Wildman–Crippen MR) is 120 cm³/mol. The van der Waals surface area contributed by atoms with Gasteiger partial charge in [0.1, 0.15) is 5.54 Å². The van der Waals surface area contributed by atoms with Gasteiger partial charge in [-0.2, -0.15) is 0 Å². The molecule has 7 nitrogen and oxygen atoms in total. The van der Waals surface area contributed by atoms with Gasteiger partial charge in [-0.15, -0.1) is 0 Å². The summed E-state index contributed by atoms with van der Waals surface area (Å²) in [5.74, 6) is -0.0724. The van der Waals surface area contributed by atoms with Crippen molar-refractivity contribution in [2.75, 3.05) is 33.4 Å². The zero-order valence-corrected chi connectivity index (χ0v) is 18.6. The second-order valence-corrected chi connectivity index (χ2v) is 9.08. The molecule has 0 saturated carbocycles. The molecule has 2 saturated heterocycles. The van der Waals surface area contributed by atoms with E-state index in [1.807, 2.05) is 12.1 Å². The van der Waals surface area contributed by atoms with Crippen LogP contribution in [0.3, 0.4) is 0 Å². The van der Waals surface area contributed by atoms with Gasteiger partial charge in [0.15, 0.2) is 0 Å². The van der Waals surface area contributed by atoms with E-state index in [0.29, 0.717) is 32.0 Å². The quantitative estimate of drug-likeness (QED) is 0.654. The molecule has 0 unspecified atom stereocenters. The Labute approximate surface area is 189 Å². The Morgan fingerprint density at radius 2 is 1.78 bits per heavy atom. The van der Waals surface area contributed by atoms with Crippen LogP contribution in [0.25, 0.3) is 0 Å². The topological polar surface area (TPSA) is 66.0 Å². The van der Waals surface area contributed by atoms with Crippen LogP contribution in [-0.2, 0) is 28.9 Å². The van der Waals surface area contributed by atoms with E-state index in [2.05, 4.69) is 34.1 Å². The summed E-state index contributed by atoms with van der Waals surface area (Å²) >= 11 is 0. The first kappa shape index (κ1) is 21.1. The molecule has 3 amide bonds. The number of urea groups is 1. The van der Waals surface area contributed by atoms with Crippen molar-refractivity contribution in [1.29, 1.82) is 0 Å². The molecule has 2 aliphatic heterocycles. The molecule has 5 rings (SSSR count). The minimum atomic E-state index is -0.764. The fourth-order valence-electron chi connectivity index (χ4n) is 5.62. The number of likely N-dealkylation sites (tertiary alicyclic amines) is 1. The fourth-order valence-corrected chi connectivity index (χ4v) is 5.62. The number of rotatable bonds is 6. The maximum Gasteiger partial charge on any atom is 0.328 e. The maximum atomic E-state index is 13.7. The lowest BCUT2D eigenvalue weighted by atomic mass is 9.85. The number of aromatic nitrogens is 1. The Hall–Kier alpha value is -2.77. The Kier molecular flexibility index (Phi) is 5.69. The highest BCUT2D eigenvalue weighted by molar-refractivity contribution is 6.07. The van der Waals surface area contributed by atoms with E-state index < -0.39 is 5.54 Å². The summed E-state index contributed by atoms with van der Waals surface area (Å²) in [6, 6.07) is 12.7. The van der Waals surface area contributed by atoms with Crippen molar-refractivity contribution in [2.45, 2.75) is 43.8 Å². The highest BCUT2D eigenvalue weighted by Gasteiger charge is 2.58. The van der Waals surface area contributed by atoms with Crippen molar-refractivity contribution in [3.63, 3.8) is 0 Å². The molecular weight excluding hydrogens is 404 g/mol. The van der Waals surface area contributed by atoms with E-state index in [4.69, 9.17) is 4.74 Å². The first-order valence-electron chi connectivity index (χ1n) is 11.4. The van der Waals surface area contributed by atoms with Gasteiger partial charge in [0.05, 0.1) is 13.2 Å². The van der Waals surface area contributed by atoms with E-state index in [9.17, 15) is 9.59 Å².